The Labute approximate surface area is 143 Å². The van der Waals surface area contributed by atoms with E-state index in [0.29, 0.717) is 29.7 Å². The highest BCUT2D eigenvalue weighted by Crippen LogP contribution is 2.37. The zero-order valence-electron chi connectivity index (χ0n) is 13.2. The van der Waals surface area contributed by atoms with Gasteiger partial charge in [0.2, 0.25) is 0 Å². The highest BCUT2D eigenvalue weighted by molar-refractivity contribution is 7.22. The zero-order valence-corrected chi connectivity index (χ0v) is 14.0. The van der Waals surface area contributed by atoms with Crippen molar-refractivity contribution in [1.29, 1.82) is 0 Å². The lowest BCUT2D eigenvalue weighted by atomic mass is 10.1. The molecule has 1 amide bonds. The van der Waals surface area contributed by atoms with E-state index in [0.717, 1.165) is 28.0 Å². The van der Waals surface area contributed by atoms with Gasteiger partial charge in [-0.25, -0.2) is 4.98 Å². The average Bonchev–Trinajstić information content (AvgIpc) is 2.80. The summed E-state index contributed by atoms with van der Waals surface area (Å²) in [6, 6.07) is 11.3. The second-order valence-corrected chi connectivity index (χ2v) is 6.69. The molecule has 0 fully saturated rings. The van der Waals surface area contributed by atoms with Crippen molar-refractivity contribution in [3.63, 3.8) is 0 Å². The number of anilines is 1. The molecule has 1 aliphatic rings. The molecular weight excluding hydrogens is 324 g/mol. The summed E-state index contributed by atoms with van der Waals surface area (Å²) in [6.07, 6.45) is 0.869. The van der Waals surface area contributed by atoms with Gasteiger partial charge in [-0.05, 0) is 19.1 Å². The molecule has 1 aromatic heterocycles. The minimum Gasteiger partial charge on any atom is -0.490 e. The number of thiazole rings is 1. The van der Waals surface area contributed by atoms with Crippen LogP contribution in [0.25, 0.3) is 10.2 Å². The predicted molar refractivity (Wildman–Crippen MR) is 94.4 cm³/mol. The normalized spacial score (nSPS) is 13.5. The summed E-state index contributed by atoms with van der Waals surface area (Å²) in [7, 11) is 0. The Morgan fingerprint density at radius 1 is 1.17 bits per heavy atom. The lowest BCUT2D eigenvalue weighted by Gasteiger charge is -2.05. The van der Waals surface area contributed by atoms with Crippen molar-refractivity contribution in [3.05, 3.63) is 47.5 Å². The number of carbonyl (C=O) groups is 1. The van der Waals surface area contributed by atoms with Crippen LogP contribution < -0.4 is 14.8 Å². The molecule has 24 heavy (non-hydrogen) atoms. The van der Waals surface area contributed by atoms with E-state index < -0.39 is 0 Å². The molecular formula is C18H16N2O3S. The molecule has 2 aromatic carbocycles. The van der Waals surface area contributed by atoms with Gasteiger partial charge in [0, 0.05) is 24.1 Å². The number of fused-ring (bicyclic) bond motifs is 2. The quantitative estimate of drug-likeness (QED) is 0.765. The maximum absolute atomic E-state index is 12.4. The van der Waals surface area contributed by atoms with Gasteiger partial charge in [-0.3, -0.25) is 10.1 Å². The molecule has 1 aliphatic heterocycles. The number of aromatic nitrogens is 1. The minimum absolute atomic E-state index is 0.160. The van der Waals surface area contributed by atoms with Crippen LogP contribution in [0.1, 0.15) is 22.3 Å². The molecule has 0 radical (unpaired) electrons. The van der Waals surface area contributed by atoms with E-state index in [-0.39, 0.29) is 5.91 Å². The number of nitrogens with one attached hydrogen (secondary N) is 1. The van der Waals surface area contributed by atoms with Crippen LogP contribution in [-0.2, 0) is 0 Å². The van der Waals surface area contributed by atoms with Gasteiger partial charge in [0.1, 0.15) is 0 Å². The molecule has 0 unspecified atom stereocenters. The van der Waals surface area contributed by atoms with E-state index in [1.165, 1.54) is 11.3 Å². The summed E-state index contributed by atoms with van der Waals surface area (Å²) >= 11 is 1.43. The zero-order chi connectivity index (χ0) is 16.5. The van der Waals surface area contributed by atoms with Crippen LogP contribution in [0, 0.1) is 6.92 Å². The van der Waals surface area contributed by atoms with Gasteiger partial charge in [-0.15, -0.1) is 0 Å². The third-order valence-corrected chi connectivity index (χ3v) is 4.69. The smallest absolute Gasteiger partial charge is 0.257 e. The molecule has 0 bridgehead atoms. The summed E-state index contributed by atoms with van der Waals surface area (Å²) in [5.74, 6) is 1.29. The fourth-order valence-electron chi connectivity index (χ4n) is 2.59. The Bertz CT molecular complexity index is 877. The Morgan fingerprint density at radius 2 is 1.96 bits per heavy atom. The molecule has 6 heteroatoms. The summed E-state index contributed by atoms with van der Waals surface area (Å²) in [5.41, 5.74) is 2.46. The highest BCUT2D eigenvalue weighted by atomic mass is 32.1. The molecule has 0 saturated carbocycles. The van der Waals surface area contributed by atoms with E-state index in [1.807, 2.05) is 37.3 Å². The van der Waals surface area contributed by atoms with E-state index >= 15 is 0 Å². The first-order chi connectivity index (χ1) is 11.7. The van der Waals surface area contributed by atoms with Gasteiger partial charge < -0.3 is 9.47 Å². The van der Waals surface area contributed by atoms with Gasteiger partial charge in [0.05, 0.1) is 23.4 Å². The van der Waals surface area contributed by atoms with Gasteiger partial charge in [-0.2, -0.15) is 0 Å². The molecule has 4 rings (SSSR count). The molecule has 0 atom stereocenters. The second kappa shape index (κ2) is 6.13. The molecule has 0 aliphatic carbocycles. The van der Waals surface area contributed by atoms with Crippen LogP contribution in [0.3, 0.4) is 0 Å². The van der Waals surface area contributed by atoms with E-state index in [1.54, 1.807) is 6.07 Å². The Balaban J connectivity index is 1.62. The number of amides is 1. The number of benzene rings is 2. The number of ether oxygens (including phenoxy) is 2. The first-order valence-corrected chi connectivity index (χ1v) is 8.59. The van der Waals surface area contributed by atoms with Crippen LogP contribution >= 0.6 is 11.3 Å². The molecule has 2 heterocycles. The average molecular weight is 340 g/mol. The first-order valence-electron chi connectivity index (χ1n) is 7.77. The molecule has 122 valence electrons. The Morgan fingerprint density at radius 3 is 2.75 bits per heavy atom. The number of hydrogen-bond donors (Lipinski definition) is 1. The van der Waals surface area contributed by atoms with Gasteiger partial charge in [0.15, 0.2) is 16.6 Å². The van der Waals surface area contributed by atoms with Crippen molar-refractivity contribution >= 4 is 32.6 Å². The van der Waals surface area contributed by atoms with Gasteiger partial charge in [-0.1, -0.05) is 29.0 Å². The fraction of sp³-hybridized carbons (Fsp3) is 0.222. The molecule has 0 saturated heterocycles. The maximum Gasteiger partial charge on any atom is 0.257 e. The number of carbonyl (C=O) groups excluding carboxylic acids is 1. The largest absolute Gasteiger partial charge is 0.490 e. The molecule has 1 N–H and O–H groups in total. The van der Waals surface area contributed by atoms with Crippen LogP contribution in [0.2, 0.25) is 0 Å². The van der Waals surface area contributed by atoms with Crippen molar-refractivity contribution < 1.29 is 14.3 Å². The summed E-state index contributed by atoms with van der Waals surface area (Å²) in [5, 5.41) is 3.43. The van der Waals surface area contributed by atoms with E-state index in [9.17, 15) is 4.79 Å². The lowest BCUT2D eigenvalue weighted by Crippen LogP contribution is -2.11. The first kappa shape index (κ1) is 15.0. The van der Waals surface area contributed by atoms with Crippen LogP contribution in [-0.4, -0.2) is 24.1 Å². The third kappa shape index (κ3) is 2.92. The van der Waals surface area contributed by atoms with E-state index in [4.69, 9.17) is 9.47 Å². The van der Waals surface area contributed by atoms with Crippen LogP contribution in [0.5, 0.6) is 11.5 Å². The maximum atomic E-state index is 12.4. The lowest BCUT2D eigenvalue weighted by molar-refractivity contribution is 0.102. The second-order valence-electron chi connectivity index (χ2n) is 5.66. The minimum atomic E-state index is -0.160. The number of hydrogen-bond acceptors (Lipinski definition) is 5. The van der Waals surface area contributed by atoms with Crippen molar-refractivity contribution in [2.24, 2.45) is 0 Å². The summed E-state index contributed by atoms with van der Waals surface area (Å²) in [4.78, 5) is 16.8. The van der Waals surface area contributed by atoms with Crippen molar-refractivity contribution in [2.75, 3.05) is 18.5 Å². The fourth-order valence-corrected chi connectivity index (χ4v) is 3.47. The van der Waals surface area contributed by atoms with E-state index in [2.05, 4.69) is 10.3 Å². The molecule has 5 nitrogen and oxygen atoms in total. The van der Waals surface area contributed by atoms with Crippen molar-refractivity contribution in [2.45, 2.75) is 13.3 Å². The highest BCUT2D eigenvalue weighted by Gasteiger charge is 2.15. The predicted octanol–water partition coefficient (Wildman–Crippen LogP) is 4.02. The Hall–Kier alpha value is -2.60. The van der Waals surface area contributed by atoms with Crippen molar-refractivity contribution in [1.82, 2.24) is 4.98 Å². The third-order valence-electron chi connectivity index (χ3n) is 3.76. The SMILES string of the molecule is Cc1cccc(C(=O)Nc2nc3cc4c(cc3s2)OCCCO4)c1. The number of aryl methyl sites for hydroxylation is 1. The molecule has 3 aromatic rings. The summed E-state index contributed by atoms with van der Waals surface area (Å²) < 4.78 is 12.3. The monoisotopic (exact) mass is 340 g/mol. The van der Waals surface area contributed by atoms with Gasteiger partial charge in [0.25, 0.3) is 5.91 Å². The van der Waals surface area contributed by atoms with Gasteiger partial charge >= 0.3 is 0 Å². The number of nitrogens with zero attached hydrogens (tertiary/aromatic N) is 1. The van der Waals surface area contributed by atoms with Crippen LogP contribution in [0.4, 0.5) is 5.13 Å². The Kier molecular flexibility index (Phi) is 3.82. The summed E-state index contributed by atoms with van der Waals surface area (Å²) in [6.45, 7) is 3.25. The van der Waals surface area contributed by atoms with Crippen molar-refractivity contribution in [3.8, 4) is 11.5 Å². The molecule has 0 spiro atoms. The van der Waals surface area contributed by atoms with Crippen LogP contribution in [0.15, 0.2) is 36.4 Å². The number of rotatable bonds is 2. The topological polar surface area (TPSA) is 60.5 Å². The standard InChI is InChI=1S/C18H16N2O3S/c1-11-4-2-5-12(8-11)17(21)20-18-19-13-9-14-15(10-16(13)24-18)23-7-3-6-22-14/h2,4-5,8-10H,3,6-7H2,1H3,(H,19,20,21).